The molecule has 1 atom stereocenters. The predicted octanol–water partition coefficient (Wildman–Crippen LogP) is 4.62. The zero-order valence-electron chi connectivity index (χ0n) is 18.2. The van der Waals surface area contributed by atoms with Crippen LogP contribution in [0.4, 0.5) is 0 Å². The summed E-state index contributed by atoms with van der Waals surface area (Å²) in [5.74, 6) is 1.50. The smallest absolute Gasteiger partial charge is 0.208 e. The van der Waals surface area contributed by atoms with Gasteiger partial charge in [0.15, 0.2) is 5.75 Å². The number of hydrogen-bond donors (Lipinski definition) is 2. The van der Waals surface area contributed by atoms with Crippen LogP contribution in [0.1, 0.15) is 31.4 Å². The molecule has 0 saturated heterocycles. The Morgan fingerprint density at radius 2 is 1.66 bits per heavy atom. The standard InChI is InChI=1S/C22H28Cl3NO5S/c1-22(2,16-11-19(24)21(20(25)12-16)30-10-4-9-23)15-5-7-18(8-6-15)31-14-17(27)13-26-32(3,28)29/h5-8,11-12,17,26-27H,4,9-10,13-14H2,1-3H3/t17-/m1/s1. The van der Waals surface area contributed by atoms with Gasteiger partial charge >= 0.3 is 0 Å². The molecule has 0 unspecified atom stereocenters. The molecule has 0 spiro atoms. The number of sulfonamides is 1. The maximum Gasteiger partial charge on any atom is 0.208 e. The van der Waals surface area contributed by atoms with E-state index in [-0.39, 0.29) is 13.2 Å². The second kappa shape index (κ2) is 11.8. The maximum absolute atomic E-state index is 11.1. The van der Waals surface area contributed by atoms with Gasteiger partial charge in [-0.15, -0.1) is 11.6 Å². The number of aliphatic hydroxyl groups is 1. The van der Waals surface area contributed by atoms with Crippen LogP contribution in [0.5, 0.6) is 11.5 Å². The minimum Gasteiger partial charge on any atom is -0.491 e. The van der Waals surface area contributed by atoms with Gasteiger partial charge in [-0.1, -0.05) is 49.2 Å². The molecule has 0 radical (unpaired) electrons. The molecule has 6 nitrogen and oxygen atoms in total. The van der Waals surface area contributed by atoms with Gasteiger partial charge < -0.3 is 14.6 Å². The molecule has 10 heteroatoms. The Morgan fingerprint density at radius 1 is 1.06 bits per heavy atom. The molecular formula is C22H28Cl3NO5S. The van der Waals surface area contributed by atoms with Crippen LogP contribution < -0.4 is 14.2 Å². The van der Waals surface area contributed by atoms with E-state index in [0.717, 1.165) is 17.4 Å². The van der Waals surface area contributed by atoms with Crippen LogP contribution in [0, 0.1) is 0 Å². The molecule has 0 aromatic heterocycles. The normalized spacial score (nSPS) is 13.1. The summed E-state index contributed by atoms with van der Waals surface area (Å²) in [6.45, 7) is 4.39. The lowest BCUT2D eigenvalue weighted by molar-refractivity contribution is 0.111. The fourth-order valence-electron chi connectivity index (χ4n) is 2.92. The van der Waals surface area contributed by atoms with Crippen LogP contribution in [0.3, 0.4) is 0 Å². The van der Waals surface area contributed by atoms with Gasteiger partial charge in [0.2, 0.25) is 10.0 Å². The van der Waals surface area contributed by atoms with Crippen LogP contribution in [0.15, 0.2) is 36.4 Å². The SMILES string of the molecule is CC(C)(c1ccc(OC[C@H](O)CNS(C)(=O)=O)cc1)c1cc(Cl)c(OCCCCl)c(Cl)c1. The molecule has 178 valence electrons. The van der Waals surface area contributed by atoms with Crippen molar-refractivity contribution in [3.8, 4) is 11.5 Å². The second-order valence-electron chi connectivity index (χ2n) is 7.89. The fraction of sp³-hybridized carbons (Fsp3) is 0.455. The van der Waals surface area contributed by atoms with Crippen molar-refractivity contribution in [2.24, 2.45) is 0 Å². The average Bonchev–Trinajstić information content (AvgIpc) is 2.72. The molecule has 0 bridgehead atoms. The third kappa shape index (κ3) is 7.97. The molecule has 2 aromatic carbocycles. The summed E-state index contributed by atoms with van der Waals surface area (Å²) in [4.78, 5) is 0. The number of rotatable bonds is 12. The zero-order chi connectivity index (χ0) is 23.9. The van der Waals surface area contributed by atoms with Gasteiger partial charge in [0.25, 0.3) is 0 Å². The lowest BCUT2D eigenvalue weighted by atomic mass is 9.78. The van der Waals surface area contributed by atoms with E-state index in [1.807, 2.05) is 24.3 Å². The van der Waals surface area contributed by atoms with Crippen molar-refractivity contribution in [1.29, 1.82) is 0 Å². The Kier molecular flexibility index (Phi) is 9.94. The van der Waals surface area contributed by atoms with E-state index in [4.69, 9.17) is 44.3 Å². The van der Waals surface area contributed by atoms with E-state index in [1.165, 1.54) is 0 Å². The van der Waals surface area contributed by atoms with Crippen LogP contribution in [0.2, 0.25) is 10.0 Å². The number of ether oxygens (including phenoxy) is 2. The Hall–Kier alpha value is -1.22. The van der Waals surface area contributed by atoms with Crippen molar-refractivity contribution in [3.63, 3.8) is 0 Å². The molecule has 2 N–H and O–H groups in total. The van der Waals surface area contributed by atoms with Gasteiger partial charge in [0.1, 0.15) is 18.5 Å². The predicted molar refractivity (Wildman–Crippen MR) is 130 cm³/mol. The van der Waals surface area contributed by atoms with Crippen molar-refractivity contribution in [3.05, 3.63) is 57.6 Å². The molecule has 0 aliphatic rings. The molecule has 2 rings (SSSR count). The molecule has 0 aliphatic heterocycles. The highest BCUT2D eigenvalue weighted by atomic mass is 35.5. The van der Waals surface area contributed by atoms with Crippen molar-refractivity contribution >= 4 is 44.8 Å². The van der Waals surface area contributed by atoms with Crippen molar-refractivity contribution in [2.45, 2.75) is 31.8 Å². The summed E-state index contributed by atoms with van der Waals surface area (Å²) >= 11 is 18.5. The lowest BCUT2D eigenvalue weighted by Gasteiger charge is -2.27. The first-order valence-electron chi connectivity index (χ1n) is 9.98. The number of aliphatic hydroxyl groups excluding tert-OH is 1. The maximum atomic E-state index is 11.1. The third-order valence-corrected chi connectivity index (χ3v) is 6.36. The van der Waals surface area contributed by atoms with Gasteiger partial charge in [0.05, 0.1) is 22.9 Å². The van der Waals surface area contributed by atoms with Gasteiger partial charge in [0, 0.05) is 17.8 Å². The molecule has 0 aliphatic carbocycles. The number of nitrogens with one attached hydrogen (secondary N) is 1. The number of hydrogen-bond acceptors (Lipinski definition) is 5. The van der Waals surface area contributed by atoms with Gasteiger partial charge in [-0.25, -0.2) is 13.1 Å². The van der Waals surface area contributed by atoms with Crippen LogP contribution >= 0.6 is 34.8 Å². The van der Waals surface area contributed by atoms with Crippen LogP contribution in [0.25, 0.3) is 0 Å². The van der Waals surface area contributed by atoms with Gasteiger partial charge in [-0.2, -0.15) is 0 Å². The molecule has 2 aromatic rings. The summed E-state index contributed by atoms with van der Waals surface area (Å²) in [7, 11) is -3.36. The Bertz CT molecular complexity index is 974. The van der Waals surface area contributed by atoms with E-state index in [2.05, 4.69) is 18.6 Å². The monoisotopic (exact) mass is 523 g/mol. The van der Waals surface area contributed by atoms with E-state index in [0.29, 0.717) is 40.5 Å². The fourth-order valence-corrected chi connectivity index (χ4v) is 4.12. The van der Waals surface area contributed by atoms with Crippen molar-refractivity contribution in [2.75, 3.05) is 31.9 Å². The Labute approximate surface area is 204 Å². The Balaban J connectivity index is 2.08. The number of halogens is 3. The third-order valence-electron chi connectivity index (χ3n) is 4.84. The van der Waals surface area contributed by atoms with Crippen molar-refractivity contribution in [1.82, 2.24) is 4.72 Å². The van der Waals surface area contributed by atoms with E-state index in [9.17, 15) is 13.5 Å². The largest absolute Gasteiger partial charge is 0.491 e. The summed E-state index contributed by atoms with van der Waals surface area (Å²) in [6, 6.07) is 11.1. The summed E-state index contributed by atoms with van der Waals surface area (Å²) in [6.07, 6.45) is 0.764. The molecule has 0 fully saturated rings. The van der Waals surface area contributed by atoms with Gasteiger partial charge in [-0.3, -0.25) is 0 Å². The molecule has 0 amide bonds. The first-order valence-corrected chi connectivity index (χ1v) is 13.2. The number of benzene rings is 2. The molecule has 32 heavy (non-hydrogen) atoms. The lowest BCUT2D eigenvalue weighted by Crippen LogP contribution is -2.34. The summed E-state index contributed by atoms with van der Waals surface area (Å²) in [5, 5.41) is 10.7. The minimum atomic E-state index is -3.36. The molecular weight excluding hydrogens is 497 g/mol. The number of alkyl halides is 1. The summed E-state index contributed by atoms with van der Waals surface area (Å²) < 4.78 is 35.6. The van der Waals surface area contributed by atoms with E-state index in [1.54, 1.807) is 12.1 Å². The van der Waals surface area contributed by atoms with Crippen molar-refractivity contribution < 1.29 is 23.0 Å². The Morgan fingerprint density at radius 3 is 2.19 bits per heavy atom. The molecule has 0 heterocycles. The summed E-state index contributed by atoms with van der Waals surface area (Å²) in [5.41, 5.74) is 1.53. The first kappa shape index (κ1) is 27.0. The van der Waals surface area contributed by atoms with Gasteiger partial charge in [-0.05, 0) is 41.8 Å². The van der Waals surface area contributed by atoms with Crippen LogP contribution in [-0.2, 0) is 15.4 Å². The van der Waals surface area contributed by atoms with Crippen LogP contribution in [-0.4, -0.2) is 51.5 Å². The quantitative estimate of drug-likeness (QED) is 0.313. The average molecular weight is 525 g/mol. The second-order valence-corrected chi connectivity index (χ2v) is 10.9. The molecule has 0 saturated carbocycles. The minimum absolute atomic E-state index is 0.0400. The zero-order valence-corrected chi connectivity index (χ0v) is 21.3. The van der Waals surface area contributed by atoms with E-state index >= 15 is 0 Å². The first-order chi connectivity index (χ1) is 14.9. The highest BCUT2D eigenvalue weighted by Crippen LogP contribution is 2.40. The highest BCUT2D eigenvalue weighted by Gasteiger charge is 2.25. The highest BCUT2D eigenvalue weighted by molar-refractivity contribution is 7.88. The topological polar surface area (TPSA) is 84.9 Å². The van der Waals surface area contributed by atoms with E-state index < -0.39 is 21.5 Å².